The maximum Gasteiger partial charge on any atom is 0.192 e. The van der Waals surface area contributed by atoms with Crippen molar-refractivity contribution < 1.29 is 0 Å². The van der Waals surface area contributed by atoms with E-state index in [4.69, 9.17) is 4.99 Å². The standard InChI is InChI=1S/C15H28N6.HI/c1-5-11(2)17-15(18-13-8-6-7-9-13)16-10-14-20-19-12(3)21(14)4;/h11,13H,5-10H2,1-4H3,(H2,16,17,18);1H. The fraction of sp³-hybridized carbons (Fsp3) is 0.800. The summed E-state index contributed by atoms with van der Waals surface area (Å²) in [6.07, 6.45) is 6.19. The van der Waals surface area contributed by atoms with Crippen molar-refractivity contribution in [1.29, 1.82) is 0 Å². The van der Waals surface area contributed by atoms with Crippen LogP contribution in [0.2, 0.25) is 0 Å². The first-order chi connectivity index (χ1) is 10.1. The number of nitrogens with one attached hydrogen (secondary N) is 2. The topological polar surface area (TPSA) is 67.1 Å². The van der Waals surface area contributed by atoms with Crippen molar-refractivity contribution in [2.24, 2.45) is 12.0 Å². The first-order valence-corrected chi connectivity index (χ1v) is 8.02. The van der Waals surface area contributed by atoms with Gasteiger partial charge in [0.1, 0.15) is 12.4 Å². The Morgan fingerprint density at radius 2 is 2.05 bits per heavy atom. The highest BCUT2D eigenvalue weighted by atomic mass is 127. The van der Waals surface area contributed by atoms with Crippen LogP contribution in [0.1, 0.15) is 57.6 Å². The number of aryl methyl sites for hydroxylation is 1. The van der Waals surface area contributed by atoms with Crippen LogP contribution in [0.25, 0.3) is 0 Å². The molecule has 0 amide bonds. The molecule has 0 radical (unpaired) electrons. The third-order valence-electron chi connectivity index (χ3n) is 4.25. The maximum atomic E-state index is 4.69. The summed E-state index contributed by atoms with van der Waals surface area (Å²) in [6, 6.07) is 0.973. The molecule has 0 aromatic carbocycles. The molecule has 1 fully saturated rings. The molecule has 1 aromatic rings. The van der Waals surface area contributed by atoms with E-state index in [9.17, 15) is 0 Å². The maximum absolute atomic E-state index is 4.69. The van der Waals surface area contributed by atoms with Gasteiger partial charge in [0, 0.05) is 19.1 Å². The van der Waals surface area contributed by atoms with E-state index in [0.29, 0.717) is 18.6 Å². The molecular formula is C15H29IN6. The minimum Gasteiger partial charge on any atom is -0.354 e. The highest BCUT2D eigenvalue weighted by Crippen LogP contribution is 2.17. The average molecular weight is 420 g/mol. The summed E-state index contributed by atoms with van der Waals surface area (Å²) in [5, 5.41) is 15.3. The molecule has 0 spiro atoms. The Hall–Kier alpha value is -0.860. The largest absolute Gasteiger partial charge is 0.354 e. The van der Waals surface area contributed by atoms with Gasteiger partial charge in [0.2, 0.25) is 0 Å². The fourth-order valence-corrected chi connectivity index (χ4v) is 2.47. The smallest absolute Gasteiger partial charge is 0.192 e. The van der Waals surface area contributed by atoms with Gasteiger partial charge in [-0.3, -0.25) is 0 Å². The van der Waals surface area contributed by atoms with Crippen LogP contribution < -0.4 is 10.6 Å². The molecule has 0 saturated heterocycles. The molecule has 1 unspecified atom stereocenters. The predicted octanol–water partition coefficient (Wildman–Crippen LogP) is 2.52. The quantitative estimate of drug-likeness (QED) is 0.437. The van der Waals surface area contributed by atoms with Gasteiger partial charge in [-0.15, -0.1) is 34.2 Å². The van der Waals surface area contributed by atoms with E-state index in [0.717, 1.165) is 24.0 Å². The molecule has 0 bridgehead atoms. The van der Waals surface area contributed by atoms with Gasteiger partial charge in [0.05, 0.1) is 0 Å². The Labute approximate surface area is 150 Å². The van der Waals surface area contributed by atoms with Gasteiger partial charge in [0.15, 0.2) is 11.8 Å². The van der Waals surface area contributed by atoms with Crippen LogP contribution in [0, 0.1) is 6.92 Å². The van der Waals surface area contributed by atoms with E-state index >= 15 is 0 Å². The number of aromatic nitrogens is 3. The van der Waals surface area contributed by atoms with E-state index in [-0.39, 0.29) is 24.0 Å². The van der Waals surface area contributed by atoms with Crippen molar-refractivity contribution in [2.45, 2.75) is 71.5 Å². The zero-order valence-corrected chi connectivity index (χ0v) is 16.4. The molecule has 1 aliphatic rings. The molecule has 22 heavy (non-hydrogen) atoms. The number of guanidine groups is 1. The first kappa shape index (κ1) is 19.2. The Morgan fingerprint density at radius 1 is 1.36 bits per heavy atom. The van der Waals surface area contributed by atoms with E-state index in [1.807, 2.05) is 18.5 Å². The second-order valence-corrected chi connectivity index (χ2v) is 5.97. The first-order valence-electron chi connectivity index (χ1n) is 8.02. The van der Waals surface area contributed by atoms with E-state index in [1.165, 1.54) is 25.7 Å². The van der Waals surface area contributed by atoms with Gasteiger partial charge < -0.3 is 15.2 Å². The van der Waals surface area contributed by atoms with Crippen LogP contribution in [0.3, 0.4) is 0 Å². The summed E-state index contributed by atoms with van der Waals surface area (Å²) < 4.78 is 1.99. The normalized spacial score (nSPS) is 17.2. The third kappa shape index (κ3) is 5.40. The fourth-order valence-electron chi connectivity index (χ4n) is 2.47. The Balaban J connectivity index is 0.00000242. The molecule has 2 N–H and O–H groups in total. The predicted molar refractivity (Wildman–Crippen MR) is 101 cm³/mol. The van der Waals surface area contributed by atoms with Crippen molar-refractivity contribution in [2.75, 3.05) is 0 Å². The molecule has 0 aliphatic heterocycles. The minimum atomic E-state index is 0. The number of hydrogen-bond acceptors (Lipinski definition) is 3. The molecule has 1 saturated carbocycles. The summed E-state index contributed by atoms with van der Waals surface area (Å²) in [5.74, 6) is 2.71. The van der Waals surface area contributed by atoms with E-state index in [2.05, 4.69) is 34.7 Å². The molecule has 1 heterocycles. The van der Waals surface area contributed by atoms with Gasteiger partial charge >= 0.3 is 0 Å². The number of aliphatic imine (C=N–C) groups is 1. The molecular weight excluding hydrogens is 391 g/mol. The number of rotatable bonds is 5. The lowest BCUT2D eigenvalue weighted by molar-refractivity contribution is 0.575. The van der Waals surface area contributed by atoms with E-state index in [1.54, 1.807) is 0 Å². The lowest BCUT2D eigenvalue weighted by atomic mass is 10.2. The molecule has 126 valence electrons. The SMILES string of the molecule is CCC(C)NC(=NCc1nnc(C)n1C)NC1CCCC1.I. The van der Waals surface area contributed by atoms with Gasteiger partial charge in [-0.05, 0) is 33.1 Å². The summed E-state index contributed by atoms with van der Waals surface area (Å²) in [4.78, 5) is 4.69. The second-order valence-electron chi connectivity index (χ2n) is 5.97. The van der Waals surface area contributed by atoms with E-state index < -0.39 is 0 Å². The van der Waals surface area contributed by atoms with Crippen LogP contribution in [0.5, 0.6) is 0 Å². The average Bonchev–Trinajstić information content (AvgIpc) is 3.08. The van der Waals surface area contributed by atoms with Crippen molar-refractivity contribution in [1.82, 2.24) is 25.4 Å². The zero-order chi connectivity index (χ0) is 15.2. The van der Waals surface area contributed by atoms with Crippen LogP contribution in [0.4, 0.5) is 0 Å². The van der Waals surface area contributed by atoms with Crippen LogP contribution in [0.15, 0.2) is 4.99 Å². The third-order valence-corrected chi connectivity index (χ3v) is 4.25. The van der Waals surface area contributed by atoms with Crippen LogP contribution in [-0.4, -0.2) is 32.8 Å². The highest BCUT2D eigenvalue weighted by Gasteiger charge is 2.17. The Morgan fingerprint density at radius 3 is 2.59 bits per heavy atom. The lowest BCUT2D eigenvalue weighted by Gasteiger charge is -2.20. The van der Waals surface area contributed by atoms with Crippen molar-refractivity contribution in [3.8, 4) is 0 Å². The highest BCUT2D eigenvalue weighted by molar-refractivity contribution is 14.0. The summed E-state index contributed by atoms with van der Waals surface area (Å²) >= 11 is 0. The molecule has 7 heteroatoms. The number of halogens is 1. The lowest BCUT2D eigenvalue weighted by Crippen LogP contribution is -2.45. The Kier molecular flexibility index (Phi) is 8.13. The Bertz CT molecular complexity index is 478. The molecule has 1 aliphatic carbocycles. The van der Waals surface area contributed by atoms with Crippen molar-refractivity contribution in [3.63, 3.8) is 0 Å². The molecule has 2 rings (SSSR count). The summed E-state index contributed by atoms with van der Waals surface area (Å²) in [7, 11) is 1.98. The molecule has 1 aromatic heterocycles. The second kappa shape index (κ2) is 9.32. The molecule has 6 nitrogen and oxygen atoms in total. The van der Waals surface area contributed by atoms with Crippen molar-refractivity contribution in [3.05, 3.63) is 11.6 Å². The van der Waals surface area contributed by atoms with Gasteiger partial charge in [-0.1, -0.05) is 19.8 Å². The van der Waals surface area contributed by atoms with Crippen LogP contribution in [-0.2, 0) is 13.6 Å². The van der Waals surface area contributed by atoms with Crippen LogP contribution >= 0.6 is 24.0 Å². The number of hydrogen-bond donors (Lipinski definition) is 2. The van der Waals surface area contributed by atoms with Gasteiger partial charge in [-0.25, -0.2) is 4.99 Å². The molecule has 1 atom stereocenters. The number of nitrogens with zero attached hydrogens (tertiary/aromatic N) is 4. The zero-order valence-electron chi connectivity index (χ0n) is 14.1. The summed E-state index contributed by atoms with van der Waals surface area (Å²) in [5.41, 5.74) is 0. The monoisotopic (exact) mass is 420 g/mol. The van der Waals surface area contributed by atoms with Gasteiger partial charge in [0.25, 0.3) is 0 Å². The van der Waals surface area contributed by atoms with Gasteiger partial charge in [-0.2, -0.15) is 0 Å². The minimum absolute atomic E-state index is 0. The van der Waals surface area contributed by atoms with Crippen molar-refractivity contribution >= 4 is 29.9 Å². The summed E-state index contributed by atoms with van der Waals surface area (Å²) in [6.45, 7) is 6.86.